The van der Waals surface area contributed by atoms with Gasteiger partial charge in [-0.2, -0.15) is 0 Å². The molecule has 0 radical (unpaired) electrons. The summed E-state index contributed by atoms with van der Waals surface area (Å²) in [6.45, 7) is 10.1. The van der Waals surface area contributed by atoms with Gasteiger partial charge in [-0.05, 0) is 80.7 Å². The van der Waals surface area contributed by atoms with Crippen LogP contribution in [0.15, 0.2) is 36.4 Å². The predicted octanol–water partition coefficient (Wildman–Crippen LogP) is 3.54. The molecule has 4 aliphatic heterocycles. The topological polar surface area (TPSA) is 134 Å². The second kappa shape index (κ2) is 13.9. The van der Waals surface area contributed by atoms with Crippen LogP contribution in [-0.2, 0) is 17.6 Å². The molecule has 2 aromatic rings. The summed E-state index contributed by atoms with van der Waals surface area (Å²) < 4.78 is 0. The van der Waals surface area contributed by atoms with Crippen molar-refractivity contribution in [3.63, 3.8) is 0 Å². The second-order valence-electron chi connectivity index (χ2n) is 13.5. The van der Waals surface area contributed by atoms with Crippen molar-refractivity contribution in [2.24, 2.45) is 5.92 Å². The average Bonchev–Trinajstić information content (AvgIpc) is 3.24. The maximum Gasteiger partial charge on any atom is 0.407 e. The van der Waals surface area contributed by atoms with Gasteiger partial charge in [0.15, 0.2) is 0 Å². The van der Waals surface area contributed by atoms with Crippen LogP contribution in [0.1, 0.15) is 47.9 Å². The summed E-state index contributed by atoms with van der Waals surface area (Å²) in [6.07, 6.45) is 2.90. The molecule has 6 rings (SSSR count). The first-order valence-electron chi connectivity index (χ1n) is 16.9. The first kappa shape index (κ1) is 32.1. The number of urea groups is 1. The van der Waals surface area contributed by atoms with E-state index in [1.165, 1.54) is 4.90 Å². The highest BCUT2D eigenvalue weighted by molar-refractivity contribution is 5.91. The lowest BCUT2D eigenvalue weighted by molar-refractivity contribution is -0.140. The number of likely N-dealkylation sites (tertiary alicyclic amines) is 2. The molecular formula is C35H49N7O4. The summed E-state index contributed by atoms with van der Waals surface area (Å²) in [5, 5.41) is 16.9. The van der Waals surface area contributed by atoms with Gasteiger partial charge < -0.3 is 36.2 Å². The Bertz CT molecular complexity index is 1410. The van der Waals surface area contributed by atoms with Crippen molar-refractivity contribution in [1.82, 2.24) is 24.9 Å². The van der Waals surface area contributed by atoms with E-state index in [-0.39, 0.29) is 24.5 Å². The van der Waals surface area contributed by atoms with Crippen molar-refractivity contribution in [3.05, 3.63) is 58.7 Å². The van der Waals surface area contributed by atoms with Crippen LogP contribution in [0.25, 0.3) is 0 Å². The van der Waals surface area contributed by atoms with E-state index in [4.69, 9.17) is 5.73 Å². The van der Waals surface area contributed by atoms with E-state index in [0.717, 1.165) is 72.6 Å². The summed E-state index contributed by atoms with van der Waals surface area (Å²) in [7, 11) is 0. The highest BCUT2D eigenvalue weighted by atomic mass is 16.4. The summed E-state index contributed by atoms with van der Waals surface area (Å²) in [5.41, 5.74) is 11.8. The first-order chi connectivity index (χ1) is 22.2. The lowest BCUT2D eigenvalue weighted by Crippen LogP contribution is -2.59. The van der Waals surface area contributed by atoms with E-state index in [9.17, 15) is 19.5 Å². The predicted molar refractivity (Wildman–Crippen MR) is 179 cm³/mol. The third kappa shape index (κ3) is 6.80. The van der Waals surface area contributed by atoms with Gasteiger partial charge in [-0.3, -0.25) is 9.69 Å². The molecule has 2 unspecified atom stereocenters. The zero-order chi connectivity index (χ0) is 32.4. The van der Waals surface area contributed by atoms with Crippen molar-refractivity contribution >= 4 is 29.4 Å². The fourth-order valence-electron chi connectivity index (χ4n) is 8.18. The Morgan fingerprint density at radius 1 is 0.957 bits per heavy atom. The molecule has 2 aromatic carbocycles. The van der Waals surface area contributed by atoms with Gasteiger partial charge in [-0.25, -0.2) is 9.59 Å². The van der Waals surface area contributed by atoms with E-state index in [1.807, 2.05) is 60.0 Å². The summed E-state index contributed by atoms with van der Waals surface area (Å²) in [6, 6.07) is 11.5. The van der Waals surface area contributed by atoms with Crippen LogP contribution >= 0.6 is 0 Å². The number of aryl methyl sites for hydroxylation is 2. The summed E-state index contributed by atoms with van der Waals surface area (Å²) >= 11 is 0. The number of anilines is 2. The molecule has 11 heteroatoms. The smallest absolute Gasteiger partial charge is 0.407 e. The number of rotatable bonds is 6. The largest absolute Gasteiger partial charge is 0.465 e. The number of piperazine rings is 1. The van der Waals surface area contributed by atoms with Crippen LogP contribution < -0.4 is 16.4 Å². The molecule has 46 heavy (non-hydrogen) atoms. The minimum Gasteiger partial charge on any atom is -0.465 e. The number of hydrogen-bond donors (Lipinski definition) is 4. The van der Waals surface area contributed by atoms with Crippen molar-refractivity contribution < 1.29 is 19.5 Å². The molecule has 3 fully saturated rings. The van der Waals surface area contributed by atoms with Gasteiger partial charge in [0.1, 0.15) is 0 Å². The van der Waals surface area contributed by atoms with E-state index >= 15 is 0 Å². The van der Waals surface area contributed by atoms with Crippen molar-refractivity contribution in [2.75, 3.05) is 63.4 Å². The molecule has 3 saturated heterocycles. The number of fused-ring (bicyclic) bond motifs is 1. The van der Waals surface area contributed by atoms with Gasteiger partial charge in [0.05, 0.1) is 5.92 Å². The van der Waals surface area contributed by atoms with Crippen LogP contribution in [0, 0.1) is 19.8 Å². The fourth-order valence-corrected chi connectivity index (χ4v) is 8.18. The summed E-state index contributed by atoms with van der Waals surface area (Å²) in [5.74, 6) is -0.570. The Kier molecular flexibility index (Phi) is 9.70. The van der Waals surface area contributed by atoms with Gasteiger partial charge in [-0.1, -0.05) is 30.3 Å². The number of benzene rings is 2. The number of nitrogens with zero attached hydrogens (tertiary/aromatic N) is 4. The van der Waals surface area contributed by atoms with Gasteiger partial charge >= 0.3 is 12.1 Å². The van der Waals surface area contributed by atoms with E-state index in [0.29, 0.717) is 51.4 Å². The standard InChI is InChI=1S/C35H49N7O4/c1-23-19-25(20-24(2)32(23)36)21-29(33(43)40-13-8-27(9-14-40)39-17-11-37-12-18-39)31-22-28(10-16-42(31)35(45)46)41-15-7-26-5-3-4-6-30(26)38-34(41)44/h3-6,19-20,27-29,31,37H,7-18,21-22,36H2,1-2H3,(H,38,44)(H,45,46)/t28?,29?,31-/m1/s1. The number of amides is 4. The van der Waals surface area contributed by atoms with Gasteiger partial charge in [-0.15, -0.1) is 0 Å². The van der Waals surface area contributed by atoms with Crippen LogP contribution in [0.3, 0.4) is 0 Å². The van der Waals surface area contributed by atoms with E-state index in [2.05, 4.69) is 15.5 Å². The van der Waals surface area contributed by atoms with Gasteiger partial charge in [0.25, 0.3) is 0 Å². The number of carbonyl (C=O) groups excluding carboxylic acids is 2. The normalized spacial score (nSPS) is 23.8. The monoisotopic (exact) mass is 631 g/mol. The molecule has 248 valence electrons. The maximum absolute atomic E-state index is 14.6. The van der Waals surface area contributed by atoms with Crippen LogP contribution in [0.4, 0.5) is 21.0 Å². The van der Waals surface area contributed by atoms with Crippen molar-refractivity contribution in [1.29, 1.82) is 0 Å². The molecule has 0 aliphatic carbocycles. The fraction of sp³-hybridized carbons (Fsp3) is 0.571. The summed E-state index contributed by atoms with van der Waals surface area (Å²) in [4.78, 5) is 48.7. The number of carboxylic acid groups (broad SMARTS) is 1. The molecule has 4 heterocycles. The molecule has 4 aliphatic rings. The lowest BCUT2D eigenvalue weighted by Gasteiger charge is -2.46. The number of nitrogen functional groups attached to an aromatic ring is 1. The zero-order valence-corrected chi connectivity index (χ0v) is 27.2. The molecule has 5 N–H and O–H groups in total. The number of para-hydroxylation sites is 1. The maximum atomic E-state index is 14.6. The molecule has 0 aromatic heterocycles. The molecule has 0 saturated carbocycles. The van der Waals surface area contributed by atoms with E-state index in [1.54, 1.807) is 0 Å². The highest BCUT2D eigenvalue weighted by Crippen LogP contribution is 2.34. The van der Waals surface area contributed by atoms with Crippen LogP contribution in [0.2, 0.25) is 0 Å². The second-order valence-corrected chi connectivity index (χ2v) is 13.5. The highest BCUT2D eigenvalue weighted by Gasteiger charge is 2.44. The van der Waals surface area contributed by atoms with Gasteiger partial charge in [0.2, 0.25) is 5.91 Å². The number of nitrogens with one attached hydrogen (secondary N) is 2. The first-order valence-corrected chi connectivity index (χ1v) is 16.9. The number of hydrogen-bond acceptors (Lipinski definition) is 6. The Hall–Kier alpha value is -3.83. The molecule has 4 amide bonds. The zero-order valence-electron chi connectivity index (χ0n) is 27.2. The quantitative estimate of drug-likeness (QED) is 0.359. The third-order valence-corrected chi connectivity index (χ3v) is 10.8. The Morgan fingerprint density at radius 2 is 1.63 bits per heavy atom. The van der Waals surface area contributed by atoms with Crippen molar-refractivity contribution in [2.45, 2.75) is 70.5 Å². The number of nitrogens with two attached hydrogens (primary N) is 1. The van der Waals surface area contributed by atoms with Crippen molar-refractivity contribution in [3.8, 4) is 0 Å². The minimum absolute atomic E-state index is 0.00974. The van der Waals surface area contributed by atoms with Crippen LogP contribution in [-0.4, -0.2) is 113 Å². The number of carbonyl (C=O) groups is 3. The lowest BCUT2D eigenvalue weighted by atomic mass is 9.81. The Balaban J connectivity index is 1.26. The number of piperidine rings is 2. The molecule has 3 atom stereocenters. The molecule has 11 nitrogen and oxygen atoms in total. The van der Waals surface area contributed by atoms with Gasteiger partial charge in [0, 0.05) is 81.9 Å². The third-order valence-electron chi connectivity index (χ3n) is 10.8. The molecule has 0 bridgehead atoms. The SMILES string of the molecule is Cc1cc(CC(C(=O)N2CCC(N3CCNCC3)CC2)[C@H]2CC(N3CCc4ccccc4NC3=O)CCN2C(=O)O)cc(C)c1N. The molecule has 0 spiro atoms. The minimum atomic E-state index is -1.02. The van der Waals surface area contributed by atoms with E-state index < -0.39 is 18.1 Å². The Labute approximate surface area is 272 Å². The average molecular weight is 632 g/mol. The molecular weight excluding hydrogens is 582 g/mol. The Morgan fingerprint density at radius 3 is 2.33 bits per heavy atom. The van der Waals surface area contributed by atoms with Crippen LogP contribution in [0.5, 0.6) is 0 Å².